The first-order valence-corrected chi connectivity index (χ1v) is 8.86. The third kappa shape index (κ3) is 3.10. The van der Waals surface area contributed by atoms with Crippen LogP contribution in [0.2, 0.25) is 0 Å². The fraction of sp³-hybridized carbons (Fsp3) is 0.471. The number of anilines is 1. The van der Waals surface area contributed by atoms with Crippen molar-refractivity contribution in [3.8, 4) is 0 Å². The van der Waals surface area contributed by atoms with Crippen LogP contribution in [0.3, 0.4) is 0 Å². The molecule has 1 aromatic carbocycles. The van der Waals surface area contributed by atoms with Gasteiger partial charge in [-0.05, 0) is 28.1 Å². The van der Waals surface area contributed by atoms with Crippen molar-refractivity contribution in [1.82, 2.24) is 0 Å². The van der Waals surface area contributed by atoms with Gasteiger partial charge in [0, 0.05) is 17.3 Å². The molecule has 0 bridgehead atoms. The van der Waals surface area contributed by atoms with Crippen LogP contribution >= 0.6 is 15.9 Å². The lowest BCUT2D eigenvalue weighted by Crippen LogP contribution is -3.17. The van der Waals surface area contributed by atoms with Crippen molar-refractivity contribution in [3.05, 3.63) is 28.7 Å². The summed E-state index contributed by atoms with van der Waals surface area (Å²) >= 11 is 3.40. The number of amides is 2. The number of quaternary nitrogens is 1. The smallest absolute Gasteiger partial charge is 0.309 e. The van der Waals surface area contributed by atoms with Gasteiger partial charge in [-0.15, -0.1) is 0 Å². The molecule has 0 aliphatic carbocycles. The van der Waals surface area contributed by atoms with Crippen molar-refractivity contribution in [2.75, 3.05) is 25.1 Å². The highest BCUT2D eigenvalue weighted by molar-refractivity contribution is 9.10. The second kappa shape index (κ2) is 7.03. The van der Waals surface area contributed by atoms with Gasteiger partial charge in [-0.2, -0.15) is 0 Å². The third-order valence-corrected chi connectivity index (χ3v) is 5.57. The zero-order chi connectivity index (χ0) is 17.3. The number of carbonyl (C=O) groups excluding carboxylic acids is 3. The molecule has 2 fully saturated rings. The topological polar surface area (TPSA) is 68.1 Å². The van der Waals surface area contributed by atoms with E-state index in [1.165, 1.54) is 12.0 Å². The van der Waals surface area contributed by atoms with Crippen molar-refractivity contribution in [2.45, 2.75) is 25.3 Å². The number of carbonyl (C=O) groups is 3. The molecule has 0 saturated carbocycles. The predicted octanol–water partition coefficient (Wildman–Crippen LogP) is 0.549. The van der Waals surface area contributed by atoms with Crippen molar-refractivity contribution in [3.63, 3.8) is 0 Å². The first kappa shape index (κ1) is 17.1. The maximum Gasteiger partial charge on any atom is 0.309 e. The van der Waals surface area contributed by atoms with Gasteiger partial charge in [0.2, 0.25) is 5.91 Å². The van der Waals surface area contributed by atoms with Crippen LogP contribution in [0.15, 0.2) is 28.7 Å². The number of benzene rings is 1. The van der Waals surface area contributed by atoms with Gasteiger partial charge in [-0.3, -0.25) is 14.4 Å². The molecule has 2 amide bonds. The number of rotatable bonds is 3. The predicted molar refractivity (Wildman–Crippen MR) is 90.5 cm³/mol. The van der Waals surface area contributed by atoms with Crippen LogP contribution in [-0.4, -0.2) is 44.0 Å². The van der Waals surface area contributed by atoms with Gasteiger partial charge in [-0.25, -0.2) is 4.90 Å². The van der Waals surface area contributed by atoms with Gasteiger partial charge in [0.25, 0.3) is 5.91 Å². The van der Waals surface area contributed by atoms with Crippen LogP contribution in [0.4, 0.5) is 5.69 Å². The summed E-state index contributed by atoms with van der Waals surface area (Å²) in [5.74, 6) is -0.596. The summed E-state index contributed by atoms with van der Waals surface area (Å²) in [5.41, 5.74) is 0.596. The first-order valence-electron chi connectivity index (χ1n) is 8.06. The first-order chi connectivity index (χ1) is 11.5. The summed E-state index contributed by atoms with van der Waals surface area (Å²) in [6.45, 7) is 1.40. The van der Waals surface area contributed by atoms with E-state index in [-0.39, 0.29) is 36.2 Å². The Morgan fingerprint density at radius 2 is 1.92 bits per heavy atom. The molecule has 2 aliphatic rings. The molecular formula is C17H20BrN2O4+. The number of imide groups is 1. The minimum atomic E-state index is -0.358. The molecule has 6 nitrogen and oxygen atoms in total. The number of hydrogen-bond acceptors (Lipinski definition) is 4. The number of hydrogen-bond donors (Lipinski definition) is 1. The number of ether oxygens (including phenoxy) is 1. The van der Waals surface area contributed by atoms with E-state index >= 15 is 0 Å². The highest BCUT2D eigenvalue weighted by atomic mass is 79.9. The van der Waals surface area contributed by atoms with Crippen LogP contribution in [0.25, 0.3) is 0 Å². The van der Waals surface area contributed by atoms with Gasteiger partial charge in [0.05, 0.1) is 38.2 Å². The number of likely N-dealkylation sites (tertiary alicyclic amines) is 1. The molecule has 2 heterocycles. The SMILES string of the molecule is COC(=O)C1CC[NH+]([C@H]2CC(=O)N(c3ccccc3Br)C2=O)CC1. The van der Waals surface area contributed by atoms with E-state index in [1.807, 2.05) is 18.2 Å². The van der Waals surface area contributed by atoms with Crippen LogP contribution < -0.4 is 9.80 Å². The number of methoxy groups -OCH3 is 1. The molecule has 24 heavy (non-hydrogen) atoms. The molecule has 0 aromatic heterocycles. The number of piperidine rings is 1. The van der Waals surface area contributed by atoms with E-state index in [4.69, 9.17) is 4.74 Å². The minimum absolute atomic E-state index is 0.0923. The van der Waals surface area contributed by atoms with E-state index in [1.54, 1.807) is 6.07 Å². The lowest BCUT2D eigenvalue weighted by Gasteiger charge is -2.30. The van der Waals surface area contributed by atoms with Gasteiger partial charge in [0.15, 0.2) is 6.04 Å². The molecule has 2 saturated heterocycles. The zero-order valence-corrected chi connectivity index (χ0v) is 15.0. The molecule has 2 aliphatic heterocycles. The molecule has 3 rings (SSSR count). The fourth-order valence-corrected chi connectivity index (χ4v) is 4.04. The number of nitrogens with zero attached hydrogens (tertiary/aromatic N) is 1. The van der Waals surface area contributed by atoms with Gasteiger partial charge in [0.1, 0.15) is 0 Å². The zero-order valence-electron chi connectivity index (χ0n) is 13.5. The van der Waals surface area contributed by atoms with Crippen molar-refractivity contribution in [2.24, 2.45) is 5.92 Å². The monoisotopic (exact) mass is 395 g/mol. The Morgan fingerprint density at radius 1 is 1.25 bits per heavy atom. The van der Waals surface area contributed by atoms with E-state index < -0.39 is 0 Å². The number of para-hydroxylation sites is 1. The normalized spacial score (nSPS) is 27.4. The van der Waals surface area contributed by atoms with E-state index in [0.29, 0.717) is 31.6 Å². The lowest BCUT2D eigenvalue weighted by atomic mass is 9.95. The Balaban J connectivity index is 1.71. The Morgan fingerprint density at radius 3 is 2.54 bits per heavy atom. The highest BCUT2D eigenvalue weighted by Gasteiger charge is 2.47. The third-order valence-electron chi connectivity index (χ3n) is 4.90. The molecule has 128 valence electrons. The summed E-state index contributed by atoms with van der Waals surface area (Å²) in [6, 6.07) is 6.88. The lowest BCUT2D eigenvalue weighted by molar-refractivity contribution is -0.920. The highest BCUT2D eigenvalue weighted by Crippen LogP contribution is 2.29. The molecule has 1 aromatic rings. The summed E-state index contributed by atoms with van der Waals surface area (Å²) in [5, 5.41) is 0. The number of nitrogens with one attached hydrogen (secondary N) is 1. The molecule has 0 unspecified atom stereocenters. The van der Waals surface area contributed by atoms with Crippen molar-refractivity contribution >= 4 is 39.4 Å². The summed E-state index contributed by atoms with van der Waals surface area (Å²) in [6.07, 6.45) is 1.60. The van der Waals surface area contributed by atoms with Crippen LogP contribution in [0.1, 0.15) is 19.3 Å². The molecule has 1 atom stereocenters. The quantitative estimate of drug-likeness (QED) is 0.599. The van der Waals surface area contributed by atoms with Crippen LogP contribution in [0, 0.1) is 5.92 Å². The molecular weight excluding hydrogens is 376 g/mol. The van der Waals surface area contributed by atoms with Gasteiger partial charge in [-0.1, -0.05) is 12.1 Å². The van der Waals surface area contributed by atoms with Crippen molar-refractivity contribution in [1.29, 1.82) is 0 Å². The summed E-state index contributed by atoms with van der Waals surface area (Å²) in [4.78, 5) is 39.2. The number of halogens is 1. The average Bonchev–Trinajstić information content (AvgIpc) is 2.89. The maximum atomic E-state index is 12.8. The second-order valence-corrected chi connectivity index (χ2v) is 7.09. The van der Waals surface area contributed by atoms with Crippen molar-refractivity contribution < 1.29 is 24.0 Å². The minimum Gasteiger partial charge on any atom is -0.469 e. The molecule has 7 heteroatoms. The molecule has 0 radical (unpaired) electrons. The fourth-order valence-electron chi connectivity index (χ4n) is 3.58. The van der Waals surface area contributed by atoms with Gasteiger partial charge < -0.3 is 9.64 Å². The second-order valence-electron chi connectivity index (χ2n) is 6.23. The average molecular weight is 396 g/mol. The van der Waals surface area contributed by atoms with E-state index in [0.717, 1.165) is 9.37 Å². The maximum absolute atomic E-state index is 12.8. The van der Waals surface area contributed by atoms with Crippen LogP contribution in [0.5, 0.6) is 0 Å². The summed E-state index contributed by atoms with van der Waals surface area (Å²) in [7, 11) is 1.40. The van der Waals surface area contributed by atoms with Gasteiger partial charge >= 0.3 is 5.97 Å². The Kier molecular flexibility index (Phi) is 5.01. The summed E-state index contributed by atoms with van der Waals surface area (Å²) < 4.78 is 5.52. The number of esters is 1. The molecule has 1 N–H and O–H groups in total. The molecule has 0 spiro atoms. The standard InChI is InChI=1S/C17H19BrN2O4/c1-24-17(23)11-6-8-19(9-7-11)14-10-15(21)20(16(14)22)13-5-3-2-4-12(13)18/h2-5,11,14H,6-10H2,1H3/p+1/t14-/m0/s1. The van der Waals surface area contributed by atoms with Crippen LogP contribution in [-0.2, 0) is 19.1 Å². The Labute approximate surface area is 148 Å². The van der Waals surface area contributed by atoms with E-state index in [9.17, 15) is 14.4 Å². The Bertz CT molecular complexity index is 670. The van der Waals surface area contributed by atoms with E-state index in [2.05, 4.69) is 15.9 Å². The Hall–Kier alpha value is -1.73. The largest absolute Gasteiger partial charge is 0.469 e.